The maximum atomic E-state index is 12.4. The van der Waals surface area contributed by atoms with E-state index in [0.717, 1.165) is 5.56 Å². The Morgan fingerprint density at radius 1 is 1.00 bits per heavy atom. The van der Waals surface area contributed by atoms with Gasteiger partial charge in [0.05, 0.1) is 15.7 Å². The van der Waals surface area contributed by atoms with Gasteiger partial charge in [-0.1, -0.05) is 70.7 Å². The Hall–Kier alpha value is -2.68. The lowest BCUT2D eigenvalue weighted by Gasteiger charge is -2.09. The summed E-state index contributed by atoms with van der Waals surface area (Å²) in [5, 5.41) is 13.6. The summed E-state index contributed by atoms with van der Waals surface area (Å²) in [7, 11) is 0. The number of rotatable bonds is 6. The molecule has 0 aliphatic rings. The van der Waals surface area contributed by atoms with Gasteiger partial charge in [0.2, 0.25) is 0 Å². The van der Waals surface area contributed by atoms with Crippen LogP contribution in [0, 0.1) is 11.3 Å². The third kappa shape index (κ3) is 6.16. The van der Waals surface area contributed by atoms with Crippen molar-refractivity contribution in [2.45, 2.75) is 6.61 Å². The van der Waals surface area contributed by atoms with Crippen molar-refractivity contribution in [1.82, 2.24) is 0 Å². The number of ether oxygens (including phenoxy) is 1. The molecule has 0 unspecified atom stereocenters. The fraction of sp³-hybridized carbons (Fsp3) is 0.0435. The zero-order valence-corrected chi connectivity index (χ0v) is 18.9. The molecule has 0 spiro atoms. The molecular formula is C23H14Cl4N2O2. The second-order valence-electron chi connectivity index (χ2n) is 6.32. The van der Waals surface area contributed by atoms with Crippen molar-refractivity contribution >= 4 is 64.1 Å². The predicted molar refractivity (Wildman–Crippen MR) is 126 cm³/mol. The summed E-state index contributed by atoms with van der Waals surface area (Å²) in [6.45, 7) is 0.275. The molecule has 0 aromatic heterocycles. The number of nitrogens with one attached hydrogen (secondary N) is 1. The monoisotopic (exact) mass is 490 g/mol. The lowest BCUT2D eigenvalue weighted by atomic mass is 10.1. The smallest absolute Gasteiger partial charge is 0.266 e. The summed E-state index contributed by atoms with van der Waals surface area (Å²) in [4.78, 5) is 12.4. The van der Waals surface area contributed by atoms with Crippen LogP contribution in [0.1, 0.15) is 11.1 Å². The topological polar surface area (TPSA) is 62.1 Å². The molecule has 0 aliphatic carbocycles. The standard InChI is InChI=1S/C23H14Cl4N2O2/c24-17-7-6-15(20(26)11-17)13-31-18-8-4-14(5-9-18)10-16(12-28)23(30)29-21-3-1-2-19(25)22(21)27/h1-11H,13H2,(H,29,30)/b16-10-. The highest BCUT2D eigenvalue weighted by molar-refractivity contribution is 6.44. The van der Waals surface area contributed by atoms with Gasteiger partial charge in [0.25, 0.3) is 5.91 Å². The molecule has 0 heterocycles. The molecule has 0 atom stereocenters. The number of benzene rings is 3. The minimum Gasteiger partial charge on any atom is -0.489 e. The SMILES string of the molecule is N#C/C(=C/c1ccc(OCc2ccc(Cl)cc2Cl)cc1)C(=O)Nc1cccc(Cl)c1Cl. The van der Waals surface area contributed by atoms with Crippen LogP contribution in [0.5, 0.6) is 5.75 Å². The number of hydrogen-bond donors (Lipinski definition) is 1. The van der Waals surface area contributed by atoms with Crippen LogP contribution in [0.3, 0.4) is 0 Å². The van der Waals surface area contributed by atoms with Gasteiger partial charge in [0.1, 0.15) is 24.0 Å². The minimum atomic E-state index is -0.593. The van der Waals surface area contributed by atoms with Crippen LogP contribution in [0.2, 0.25) is 20.1 Å². The molecule has 31 heavy (non-hydrogen) atoms. The molecule has 0 saturated heterocycles. The zero-order valence-electron chi connectivity index (χ0n) is 15.8. The summed E-state index contributed by atoms with van der Waals surface area (Å²) in [6.07, 6.45) is 1.47. The molecule has 8 heteroatoms. The Labute approximate surface area is 199 Å². The number of nitrogens with zero attached hydrogens (tertiary/aromatic N) is 1. The first-order valence-corrected chi connectivity index (χ1v) is 10.4. The number of carbonyl (C=O) groups excluding carboxylic acids is 1. The van der Waals surface area contributed by atoms with E-state index in [0.29, 0.717) is 32.1 Å². The molecule has 1 amide bonds. The third-order valence-electron chi connectivity index (χ3n) is 4.17. The van der Waals surface area contributed by atoms with Crippen molar-refractivity contribution in [3.05, 3.63) is 97.5 Å². The first-order chi connectivity index (χ1) is 14.9. The van der Waals surface area contributed by atoms with Crippen LogP contribution in [0.25, 0.3) is 6.08 Å². The van der Waals surface area contributed by atoms with Crippen LogP contribution in [0.4, 0.5) is 5.69 Å². The van der Waals surface area contributed by atoms with E-state index in [9.17, 15) is 10.1 Å². The minimum absolute atomic E-state index is 0.0855. The third-order valence-corrected chi connectivity index (χ3v) is 5.57. The Morgan fingerprint density at radius 2 is 1.74 bits per heavy atom. The first-order valence-electron chi connectivity index (χ1n) is 8.91. The van der Waals surface area contributed by atoms with E-state index in [1.165, 1.54) is 6.08 Å². The highest BCUT2D eigenvalue weighted by atomic mass is 35.5. The van der Waals surface area contributed by atoms with Crippen molar-refractivity contribution in [2.75, 3.05) is 5.32 Å². The van der Waals surface area contributed by atoms with Crippen LogP contribution >= 0.6 is 46.4 Å². The van der Waals surface area contributed by atoms with Crippen molar-refractivity contribution < 1.29 is 9.53 Å². The normalized spacial score (nSPS) is 11.0. The highest BCUT2D eigenvalue weighted by Crippen LogP contribution is 2.30. The number of hydrogen-bond acceptors (Lipinski definition) is 3. The molecule has 0 bridgehead atoms. The van der Waals surface area contributed by atoms with Gasteiger partial charge in [-0.15, -0.1) is 0 Å². The quantitative estimate of drug-likeness (QED) is 0.288. The summed E-state index contributed by atoms with van der Waals surface area (Å²) in [5.74, 6) is 0.0150. The van der Waals surface area contributed by atoms with E-state index in [2.05, 4.69) is 5.32 Å². The van der Waals surface area contributed by atoms with E-state index >= 15 is 0 Å². The molecule has 0 saturated carbocycles. The maximum absolute atomic E-state index is 12.4. The van der Waals surface area contributed by atoms with Crippen LogP contribution in [-0.2, 0) is 11.4 Å². The van der Waals surface area contributed by atoms with Crippen LogP contribution < -0.4 is 10.1 Å². The molecule has 3 aromatic carbocycles. The number of amides is 1. The van der Waals surface area contributed by atoms with Crippen LogP contribution in [0.15, 0.2) is 66.2 Å². The number of halogens is 4. The van der Waals surface area contributed by atoms with Gasteiger partial charge < -0.3 is 10.1 Å². The van der Waals surface area contributed by atoms with Gasteiger partial charge in [0.15, 0.2) is 0 Å². The van der Waals surface area contributed by atoms with Gasteiger partial charge in [-0.2, -0.15) is 5.26 Å². The van der Waals surface area contributed by atoms with Gasteiger partial charge >= 0.3 is 0 Å². The molecule has 0 fully saturated rings. The molecule has 156 valence electrons. The maximum Gasteiger partial charge on any atom is 0.266 e. The predicted octanol–water partition coefficient (Wildman–Crippen LogP) is 7.42. The van der Waals surface area contributed by atoms with Crippen LogP contribution in [-0.4, -0.2) is 5.91 Å². The lowest BCUT2D eigenvalue weighted by Crippen LogP contribution is -2.13. The summed E-state index contributed by atoms with van der Waals surface area (Å²) >= 11 is 24.1. The van der Waals surface area contributed by atoms with E-state index in [1.54, 1.807) is 60.7 Å². The number of anilines is 1. The largest absolute Gasteiger partial charge is 0.489 e. The molecule has 1 N–H and O–H groups in total. The molecule has 0 radical (unpaired) electrons. The zero-order chi connectivity index (χ0) is 22.4. The summed E-state index contributed by atoms with van der Waals surface area (Å²) < 4.78 is 5.73. The van der Waals surface area contributed by atoms with Gasteiger partial charge in [0, 0.05) is 15.6 Å². The fourth-order valence-corrected chi connectivity index (χ4v) is 3.38. The second-order valence-corrected chi connectivity index (χ2v) is 7.95. The Morgan fingerprint density at radius 3 is 2.42 bits per heavy atom. The summed E-state index contributed by atoms with van der Waals surface area (Å²) in [6, 6.07) is 18.9. The fourth-order valence-electron chi connectivity index (χ4n) is 2.57. The first kappa shape index (κ1) is 23.0. The average molecular weight is 492 g/mol. The molecule has 3 rings (SSSR count). The molecule has 4 nitrogen and oxygen atoms in total. The lowest BCUT2D eigenvalue weighted by molar-refractivity contribution is -0.112. The Balaban J connectivity index is 1.68. The summed E-state index contributed by atoms with van der Waals surface area (Å²) in [5.41, 5.74) is 1.70. The number of nitriles is 1. The Bertz CT molecular complexity index is 1190. The van der Waals surface area contributed by atoms with Gasteiger partial charge in [-0.25, -0.2) is 0 Å². The molecule has 0 aliphatic heterocycles. The van der Waals surface area contributed by atoms with Gasteiger partial charge in [-0.3, -0.25) is 4.79 Å². The van der Waals surface area contributed by atoms with Gasteiger partial charge in [-0.05, 0) is 48.0 Å². The highest BCUT2D eigenvalue weighted by Gasteiger charge is 2.13. The van der Waals surface area contributed by atoms with E-state index in [4.69, 9.17) is 51.1 Å². The van der Waals surface area contributed by atoms with E-state index in [-0.39, 0.29) is 17.2 Å². The van der Waals surface area contributed by atoms with Crippen molar-refractivity contribution in [2.24, 2.45) is 0 Å². The second kappa shape index (κ2) is 10.6. The Kier molecular flexibility index (Phi) is 7.84. The van der Waals surface area contributed by atoms with Crippen molar-refractivity contribution in [3.8, 4) is 11.8 Å². The molecule has 3 aromatic rings. The van der Waals surface area contributed by atoms with E-state index in [1.807, 2.05) is 6.07 Å². The number of carbonyl (C=O) groups is 1. The van der Waals surface area contributed by atoms with E-state index < -0.39 is 5.91 Å². The van der Waals surface area contributed by atoms with Crippen molar-refractivity contribution in [1.29, 1.82) is 5.26 Å². The molecular weight excluding hydrogens is 478 g/mol. The van der Waals surface area contributed by atoms with Crippen molar-refractivity contribution in [3.63, 3.8) is 0 Å². The average Bonchev–Trinajstić information content (AvgIpc) is 2.75.